The highest BCUT2D eigenvalue weighted by molar-refractivity contribution is 7.22. The fourth-order valence-electron chi connectivity index (χ4n) is 7.66. The largest absolute Gasteiger partial charge is 0.490 e. The molecule has 0 saturated carbocycles. The number of ether oxygens (including phenoxy) is 2. The number of thiazole rings is 1. The Balaban J connectivity index is 1.38. The summed E-state index contributed by atoms with van der Waals surface area (Å²) >= 11 is 0.748. The lowest BCUT2D eigenvalue weighted by Gasteiger charge is -2.31. The van der Waals surface area contributed by atoms with Crippen molar-refractivity contribution in [2.75, 3.05) is 56.6 Å². The van der Waals surface area contributed by atoms with Gasteiger partial charge in [-0.2, -0.15) is 23.1 Å². The molecule has 0 radical (unpaired) electrons. The number of rotatable bonds is 5. The maximum Gasteiger partial charge on any atom is 0.420 e. The van der Waals surface area contributed by atoms with Gasteiger partial charge >= 0.3 is 12.2 Å². The monoisotopic (exact) mass is 665 g/mol. The van der Waals surface area contributed by atoms with Crippen molar-refractivity contribution in [3.05, 3.63) is 29.3 Å². The molecule has 0 bridgehead atoms. The molecule has 0 spiro atoms. The Kier molecular flexibility index (Phi) is 6.92. The summed E-state index contributed by atoms with van der Waals surface area (Å²) in [5, 5.41) is 2.94. The summed E-state index contributed by atoms with van der Waals surface area (Å²) in [6, 6.07) is 1.62. The van der Waals surface area contributed by atoms with Crippen molar-refractivity contribution in [3.63, 3.8) is 0 Å². The SMILES string of the molecule is Nc1nc2c(-c3c(C(F)(F)F)c4c5c(nc(OC[C@@]67CCCN6C[C@H](F)C7)nc5c3F)N(C3CCNC3)CCO4)ccc(F)c2s1. The molecule has 4 aliphatic heterocycles. The average molecular weight is 666 g/mol. The second-order valence-electron chi connectivity index (χ2n) is 12.3. The number of hydrogen-bond acceptors (Lipinski definition) is 10. The molecule has 3 N–H and O–H groups in total. The summed E-state index contributed by atoms with van der Waals surface area (Å²) in [6.07, 6.45) is -3.58. The molecule has 46 heavy (non-hydrogen) atoms. The third kappa shape index (κ3) is 4.62. The van der Waals surface area contributed by atoms with Gasteiger partial charge in [-0.15, -0.1) is 0 Å². The van der Waals surface area contributed by atoms with Gasteiger partial charge in [0.05, 0.1) is 27.7 Å². The molecule has 1 unspecified atom stereocenters. The second kappa shape index (κ2) is 10.7. The number of benzene rings is 2. The Morgan fingerprint density at radius 1 is 1.15 bits per heavy atom. The second-order valence-corrected chi connectivity index (χ2v) is 13.4. The summed E-state index contributed by atoms with van der Waals surface area (Å²) in [7, 11) is 0. The van der Waals surface area contributed by atoms with Gasteiger partial charge in [0.15, 0.2) is 10.9 Å². The number of nitrogens with two attached hydrogens (primary N) is 1. The minimum absolute atomic E-state index is 0.0402. The first kappa shape index (κ1) is 29.8. The van der Waals surface area contributed by atoms with Crippen LogP contribution in [0.4, 0.5) is 37.3 Å². The van der Waals surface area contributed by atoms with Gasteiger partial charge < -0.3 is 25.4 Å². The van der Waals surface area contributed by atoms with E-state index in [2.05, 4.69) is 20.3 Å². The first-order chi connectivity index (χ1) is 22.0. The Morgan fingerprint density at radius 2 is 2.00 bits per heavy atom. The van der Waals surface area contributed by atoms with Crippen LogP contribution >= 0.6 is 11.3 Å². The van der Waals surface area contributed by atoms with Gasteiger partial charge in [0.25, 0.3) is 0 Å². The number of alkyl halides is 4. The maximum atomic E-state index is 17.0. The summed E-state index contributed by atoms with van der Waals surface area (Å²) < 4.78 is 103. The van der Waals surface area contributed by atoms with E-state index in [1.807, 2.05) is 9.80 Å². The van der Waals surface area contributed by atoms with Crippen LogP contribution in [0.2, 0.25) is 0 Å². The molecule has 8 rings (SSSR count). The van der Waals surface area contributed by atoms with Gasteiger partial charge in [0, 0.05) is 36.7 Å². The average Bonchev–Trinajstić information content (AvgIpc) is 3.78. The van der Waals surface area contributed by atoms with E-state index < -0.39 is 51.9 Å². The van der Waals surface area contributed by atoms with Crippen LogP contribution in [0.3, 0.4) is 0 Å². The van der Waals surface area contributed by atoms with Crippen LogP contribution in [0.25, 0.3) is 32.2 Å². The fourth-order valence-corrected chi connectivity index (χ4v) is 8.42. The lowest BCUT2D eigenvalue weighted by atomic mass is 9.94. The van der Waals surface area contributed by atoms with E-state index >= 15 is 17.6 Å². The smallest absolute Gasteiger partial charge is 0.420 e. The highest BCUT2D eigenvalue weighted by atomic mass is 32.1. The zero-order valence-corrected chi connectivity index (χ0v) is 25.2. The van der Waals surface area contributed by atoms with E-state index in [0.29, 0.717) is 32.5 Å². The molecule has 16 heteroatoms. The zero-order chi connectivity index (χ0) is 32.0. The lowest BCUT2D eigenvalue weighted by molar-refractivity contribution is -0.138. The van der Waals surface area contributed by atoms with Crippen LogP contribution in [0, 0.1) is 11.6 Å². The van der Waals surface area contributed by atoms with Crippen molar-refractivity contribution >= 4 is 43.4 Å². The number of nitrogens with zero attached hydrogens (tertiary/aromatic N) is 5. The van der Waals surface area contributed by atoms with E-state index in [-0.39, 0.29) is 70.3 Å². The molecule has 3 fully saturated rings. The normalized spacial score (nSPS) is 25.0. The van der Waals surface area contributed by atoms with Crippen LogP contribution in [-0.2, 0) is 6.18 Å². The summed E-state index contributed by atoms with van der Waals surface area (Å²) in [5.41, 5.74) is 2.04. The van der Waals surface area contributed by atoms with Crippen LogP contribution in [0.15, 0.2) is 12.1 Å². The fraction of sp³-hybridized carbons (Fsp3) is 0.500. The first-order valence-electron chi connectivity index (χ1n) is 15.2. The third-order valence-corrected chi connectivity index (χ3v) is 10.5. The Hall–Kier alpha value is -3.63. The zero-order valence-electron chi connectivity index (χ0n) is 24.4. The van der Waals surface area contributed by atoms with Gasteiger partial charge in [0.2, 0.25) is 0 Å². The Bertz CT molecular complexity index is 1870. The molecule has 4 aliphatic rings. The molecule has 0 amide bonds. The molecule has 6 heterocycles. The van der Waals surface area contributed by atoms with Crippen molar-refractivity contribution < 1.29 is 35.8 Å². The molecule has 2 aromatic heterocycles. The summed E-state index contributed by atoms with van der Waals surface area (Å²) in [5.74, 6) is -2.61. The maximum absolute atomic E-state index is 17.0. The highest BCUT2D eigenvalue weighted by Gasteiger charge is 2.50. The van der Waals surface area contributed by atoms with Gasteiger partial charge in [-0.1, -0.05) is 11.3 Å². The van der Waals surface area contributed by atoms with E-state index in [1.165, 1.54) is 0 Å². The molecule has 9 nitrogen and oxygen atoms in total. The molecular formula is C30H29F6N7O2S. The topological polar surface area (TPSA) is 102 Å². The first-order valence-corrected chi connectivity index (χ1v) is 16.0. The summed E-state index contributed by atoms with van der Waals surface area (Å²) in [4.78, 5) is 16.9. The lowest BCUT2D eigenvalue weighted by Crippen LogP contribution is -2.43. The number of fused-ring (bicyclic) bond motifs is 2. The van der Waals surface area contributed by atoms with Gasteiger partial charge in [-0.25, -0.2) is 18.2 Å². The Labute approximate surface area is 262 Å². The highest BCUT2D eigenvalue weighted by Crippen LogP contribution is 2.52. The predicted molar refractivity (Wildman–Crippen MR) is 160 cm³/mol. The van der Waals surface area contributed by atoms with E-state index in [1.54, 1.807) is 0 Å². The van der Waals surface area contributed by atoms with Gasteiger partial charge in [0.1, 0.15) is 47.9 Å². The van der Waals surface area contributed by atoms with Crippen molar-refractivity contribution in [1.82, 2.24) is 25.2 Å². The minimum Gasteiger partial charge on any atom is -0.490 e. The van der Waals surface area contributed by atoms with Gasteiger partial charge in [-0.3, -0.25) is 4.90 Å². The van der Waals surface area contributed by atoms with Crippen molar-refractivity contribution in [2.45, 2.75) is 49.6 Å². The van der Waals surface area contributed by atoms with Gasteiger partial charge in [-0.05, 0) is 44.5 Å². The van der Waals surface area contributed by atoms with E-state index in [9.17, 15) is 8.78 Å². The molecule has 244 valence electrons. The third-order valence-electron chi connectivity index (χ3n) is 9.62. The van der Waals surface area contributed by atoms with Crippen molar-refractivity contribution in [1.29, 1.82) is 0 Å². The molecule has 3 atom stereocenters. The predicted octanol–water partition coefficient (Wildman–Crippen LogP) is 5.30. The standard InChI is InChI=1S/C30H29F6N7O2S/c31-14-10-29(5-1-7-42(29)12-14)13-45-28-40-23-19-24(44-9-8-43(26(19)41-28)15-4-6-38-11-15)20(30(34,35)36)18(21(23)33)16-2-3-17(32)25-22(16)39-27(37)46-25/h2-3,14-15,38H,1,4-13H2,(H2,37,39)/t14-,15?,29+/m1/s1. The molecule has 3 saturated heterocycles. The molecule has 0 aliphatic carbocycles. The van der Waals surface area contributed by atoms with Crippen LogP contribution in [0.1, 0.15) is 31.2 Å². The number of nitrogen functional groups attached to an aromatic ring is 1. The van der Waals surface area contributed by atoms with E-state index in [0.717, 1.165) is 36.4 Å². The molecule has 4 aromatic rings. The van der Waals surface area contributed by atoms with Crippen LogP contribution in [-0.4, -0.2) is 83.5 Å². The van der Waals surface area contributed by atoms with Crippen molar-refractivity contribution in [3.8, 4) is 22.9 Å². The molecular weight excluding hydrogens is 636 g/mol. The quantitative estimate of drug-likeness (QED) is 0.275. The Morgan fingerprint density at radius 3 is 2.78 bits per heavy atom. The number of aromatic nitrogens is 3. The van der Waals surface area contributed by atoms with Crippen LogP contribution < -0.4 is 25.4 Å². The molecule has 2 aromatic carbocycles. The number of anilines is 2. The summed E-state index contributed by atoms with van der Waals surface area (Å²) in [6.45, 7) is 2.31. The van der Waals surface area contributed by atoms with Crippen LogP contribution in [0.5, 0.6) is 11.8 Å². The number of nitrogens with one attached hydrogen (secondary N) is 1. The van der Waals surface area contributed by atoms with E-state index in [4.69, 9.17) is 15.2 Å². The number of hydrogen-bond donors (Lipinski definition) is 2. The number of halogens is 6. The van der Waals surface area contributed by atoms with Crippen molar-refractivity contribution in [2.24, 2.45) is 0 Å². The minimum atomic E-state index is -5.10.